The normalized spacial score (nSPS) is 10.8. The quantitative estimate of drug-likeness (QED) is 0.661. The summed E-state index contributed by atoms with van der Waals surface area (Å²) in [6.45, 7) is 2.14. The average Bonchev–Trinajstić information content (AvgIpc) is 2.77. The first kappa shape index (κ1) is 10.9. The Morgan fingerprint density at radius 2 is 1.72 bits per heavy atom. The van der Waals surface area contributed by atoms with E-state index >= 15 is 0 Å². The van der Waals surface area contributed by atoms with E-state index in [1.165, 1.54) is 22.3 Å². The molecule has 1 heterocycles. The predicted molar refractivity (Wildman–Crippen MR) is 72.1 cm³/mol. The summed E-state index contributed by atoms with van der Waals surface area (Å²) in [6, 6.07) is 12.3. The van der Waals surface area contributed by atoms with E-state index in [1.807, 2.05) is 18.2 Å². The van der Waals surface area contributed by atoms with Gasteiger partial charge in [0.1, 0.15) is 5.75 Å². The van der Waals surface area contributed by atoms with Crippen molar-refractivity contribution >= 4 is 0 Å². The summed E-state index contributed by atoms with van der Waals surface area (Å²) in [6.07, 6.45) is 3.50. The zero-order valence-corrected chi connectivity index (χ0v) is 10.4. The summed E-state index contributed by atoms with van der Waals surface area (Å²) in [5, 5.41) is 0. The van der Waals surface area contributed by atoms with Gasteiger partial charge in [-0.2, -0.15) is 0 Å². The molecule has 90 valence electrons. The molecule has 1 aromatic rings. The minimum Gasteiger partial charge on any atom is -0.497 e. The van der Waals surface area contributed by atoms with Gasteiger partial charge in [-0.25, -0.2) is 0 Å². The number of ether oxygens (including phenoxy) is 1. The molecule has 0 bridgehead atoms. The zero-order valence-electron chi connectivity index (χ0n) is 10.4. The van der Waals surface area contributed by atoms with Crippen LogP contribution in [0.4, 0.5) is 0 Å². The van der Waals surface area contributed by atoms with Crippen molar-refractivity contribution in [2.45, 2.75) is 6.92 Å². The van der Waals surface area contributed by atoms with E-state index in [9.17, 15) is 0 Å². The van der Waals surface area contributed by atoms with Gasteiger partial charge in [-0.15, -0.1) is 0 Å². The molecule has 1 aromatic carbocycles. The highest BCUT2D eigenvalue weighted by molar-refractivity contribution is 5.84. The molecule has 2 heteroatoms. The lowest BCUT2D eigenvalue weighted by atomic mass is 10.0. The Kier molecular flexibility index (Phi) is 2.56. The third-order valence-corrected chi connectivity index (χ3v) is 3.33. The molecule has 1 aliphatic carbocycles. The number of hydrogen-bond acceptors (Lipinski definition) is 2. The fraction of sp³-hybridized carbons (Fsp3) is 0.125. The van der Waals surface area contributed by atoms with Crippen molar-refractivity contribution < 1.29 is 9.15 Å². The summed E-state index contributed by atoms with van der Waals surface area (Å²) in [4.78, 5) is 0. The molecule has 0 N–H and O–H groups in total. The van der Waals surface area contributed by atoms with Gasteiger partial charge >= 0.3 is 0 Å². The van der Waals surface area contributed by atoms with Crippen molar-refractivity contribution in [2.24, 2.45) is 0 Å². The molecule has 2 nitrogen and oxygen atoms in total. The number of rotatable bonds is 2. The summed E-state index contributed by atoms with van der Waals surface area (Å²) in [5.41, 5.74) is 6.11. The first-order valence-electron chi connectivity index (χ1n) is 5.89. The number of methoxy groups -OCH3 is 1. The van der Waals surface area contributed by atoms with Crippen LogP contribution >= 0.6 is 0 Å². The average molecular weight is 238 g/mol. The van der Waals surface area contributed by atoms with Crippen LogP contribution in [0.15, 0.2) is 53.3 Å². The molecule has 0 amide bonds. The molecular weight excluding hydrogens is 224 g/mol. The van der Waals surface area contributed by atoms with Crippen molar-refractivity contribution in [2.75, 3.05) is 7.11 Å². The van der Waals surface area contributed by atoms with Crippen LogP contribution in [0.3, 0.4) is 0 Å². The monoisotopic (exact) mass is 238 g/mol. The van der Waals surface area contributed by atoms with Gasteiger partial charge < -0.3 is 9.15 Å². The van der Waals surface area contributed by atoms with E-state index in [1.54, 1.807) is 19.6 Å². The highest BCUT2D eigenvalue weighted by atomic mass is 16.5. The van der Waals surface area contributed by atoms with Gasteiger partial charge in [0.2, 0.25) is 0 Å². The molecule has 0 radical (unpaired) electrons. The minimum absolute atomic E-state index is 0.877. The van der Waals surface area contributed by atoms with Crippen LogP contribution < -0.4 is 4.74 Å². The fourth-order valence-corrected chi connectivity index (χ4v) is 2.31. The minimum atomic E-state index is 0.877. The zero-order chi connectivity index (χ0) is 12.5. The molecule has 0 aromatic heterocycles. The van der Waals surface area contributed by atoms with Gasteiger partial charge in [-0.1, -0.05) is 12.1 Å². The SMILES string of the molecule is COc1ccc(-c2cc3coccc-3c2C)cc1. The second-order valence-electron chi connectivity index (χ2n) is 4.34. The highest BCUT2D eigenvalue weighted by Gasteiger charge is 2.13. The largest absolute Gasteiger partial charge is 0.497 e. The maximum atomic E-state index is 5.21. The molecule has 18 heavy (non-hydrogen) atoms. The van der Waals surface area contributed by atoms with Crippen molar-refractivity contribution in [1.82, 2.24) is 0 Å². The lowest BCUT2D eigenvalue weighted by Gasteiger charge is -2.03. The Bertz CT molecular complexity index is 635. The first-order chi connectivity index (χ1) is 8.79. The Morgan fingerprint density at radius 3 is 2.39 bits per heavy atom. The molecule has 3 rings (SSSR count). The summed E-state index contributed by atoms with van der Waals surface area (Å²) >= 11 is 0. The molecule has 0 unspecified atom stereocenters. The van der Waals surface area contributed by atoms with Crippen LogP contribution in [0.2, 0.25) is 0 Å². The number of fused-ring (bicyclic) bond motifs is 1. The molecular formula is C16H14O2. The van der Waals surface area contributed by atoms with Crippen molar-refractivity contribution in [1.29, 1.82) is 0 Å². The van der Waals surface area contributed by atoms with Crippen molar-refractivity contribution in [3.8, 4) is 28.0 Å². The Balaban J connectivity index is 2.13. The lowest BCUT2D eigenvalue weighted by molar-refractivity contribution is 0.415. The Labute approximate surface area is 106 Å². The molecule has 0 fully saturated rings. The van der Waals surface area contributed by atoms with Crippen molar-refractivity contribution in [3.05, 3.63) is 54.5 Å². The fourth-order valence-electron chi connectivity index (χ4n) is 2.31. The van der Waals surface area contributed by atoms with Crippen LogP contribution in [0.1, 0.15) is 5.56 Å². The van der Waals surface area contributed by atoms with Crippen LogP contribution in [0, 0.1) is 6.92 Å². The van der Waals surface area contributed by atoms with Crippen molar-refractivity contribution in [3.63, 3.8) is 0 Å². The van der Waals surface area contributed by atoms with Gasteiger partial charge in [-0.3, -0.25) is 0 Å². The van der Waals surface area contributed by atoms with Gasteiger partial charge in [-0.05, 0) is 53.4 Å². The molecule has 2 aliphatic rings. The second kappa shape index (κ2) is 4.22. The van der Waals surface area contributed by atoms with E-state index in [0.717, 1.165) is 11.3 Å². The van der Waals surface area contributed by atoms with Gasteiger partial charge in [0.15, 0.2) is 0 Å². The van der Waals surface area contributed by atoms with E-state index in [0.29, 0.717) is 0 Å². The molecule has 0 spiro atoms. The van der Waals surface area contributed by atoms with E-state index in [4.69, 9.17) is 9.15 Å². The van der Waals surface area contributed by atoms with Crippen LogP contribution in [-0.2, 0) is 0 Å². The topological polar surface area (TPSA) is 22.4 Å². The number of benzene rings is 1. The van der Waals surface area contributed by atoms with E-state index in [-0.39, 0.29) is 0 Å². The van der Waals surface area contributed by atoms with Crippen LogP contribution in [-0.4, -0.2) is 7.11 Å². The maximum absolute atomic E-state index is 5.21. The number of hydrogen-bond donors (Lipinski definition) is 0. The molecule has 0 saturated carbocycles. The predicted octanol–water partition coefficient (Wildman–Crippen LogP) is 4.37. The summed E-state index contributed by atoms with van der Waals surface area (Å²) in [5.74, 6) is 0.877. The Hall–Kier alpha value is -2.22. The van der Waals surface area contributed by atoms with Gasteiger partial charge in [0, 0.05) is 5.56 Å². The molecule has 1 aliphatic heterocycles. The summed E-state index contributed by atoms with van der Waals surface area (Å²) in [7, 11) is 1.68. The van der Waals surface area contributed by atoms with E-state index < -0.39 is 0 Å². The summed E-state index contributed by atoms with van der Waals surface area (Å²) < 4.78 is 10.4. The highest BCUT2D eigenvalue weighted by Crippen LogP contribution is 2.37. The van der Waals surface area contributed by atoms with Crippen LogP contribution in [0.5, 0.6) is 5.75 Å². The Morgan fingerprint density at radius 1 is 0.944 bits per heavy atom. The van der Waals surface area contributed by atoms with Gasteiger partial charge in [0.25, 0.3) is 0 Å². The maximum Gasteiger partial charge on any atom is 0.118 e. The van der Waals surface area contributed by atoms with Gasteiger partial charge in [0.05, 0.1) is 19.6 Å². The smallest absolute Gasteiger partial charge is 0.118 e. The standard InChI is InChI=1S/C16H14O2/c1-11-15-7-8-18-10-13(15)9-16(11)12-3-5-14(17-2)6-4-12/h3-10H,1-2H3. The lowest BCUT2D eigenvalue weighted by Crippen LogP contribution is -1.82. The first-order valence-corrected chi connectivity index (χ1v) is 5.89. The second-order valence-corrected chi connectivity index (χ2v) is 4.34. The molecule has 0 atom stereocenters. The van der Waals surface area contributed by atoms with Crippen LogP contribution in [0.25, 0.3) is 22.3 Å². The third-order valence-electron chi connectivity index (χ3n) is 3.33. The third kappa shape index (κ3) is 1.66. The molecule has 0 saturated heterocycles. The van der Waals surface area contributed by atoms with E-state index in [2.05, 4.69) is 25.1 Å².